The number of nitrogens with two attached hydrogens (primary N) is 1. The van der Waals surface area contributed by atoms with E-state index in [1.807, 2.05) is 36.4 Å². The first-order valence-corrected chi connectivity index (χ1v) is 5.83. The van der Waals surface area contributed by atoms with E-state index >= 15 is 0 Å². The van der Waals surface area contributed by atoms with Crippen molar-refractivity contribution in [2.45, 2.75) is 0 Å². The number of azo groups is 1. The molecule has 0 saturated carbocycles. The van der Waals surface area contributed by atoms with Crippen molar-refractivity contribution in [1.29, 1.82) is 0 Å². The molecule has 0 saturated heterocycles. The van der Waals surface area contributed by atoms with Gasteiger partial charge in [0.25, 0.3) is 0 Å². The molecule has 2 rings (SSSR count). The van der Waals surface area contributed by atoms with Crippen LogP contribution in [0.25, 0.3) is 6.08 Å². The van der Waals surface area contributed by atoms with Gasteiger partial charge in [0.15, 0.2) is 5.82 Å². The van der Waals surface area contributed by atoms with E-state index in [0.717, 1.165) is 5.56 Å². The smallest absolute Gasteiger partial charge is 0.314 e. The normalized spacial score (nSPS) is 15.7. The van der Waals surface area contributed by atoms with Gasteiger partial charge in [0.1, 0.15) is 0 Å². The first-order valence-electron chi connectivity index (χ1n) is 4.52. The van der Waals surface area contributed by atoms with E-state index in [1.165, 1.54) is 0 Å². The van der Waals surface area contributed by atoms with Gasteiger partial charge >= 0.3 is 8.25 Å². The number of aliphatic imine (C=N–C) groups is 1. The van der Waals surface area contributed by atoms with E-state index in [9.17, 15) is 0 Å². The lowest BCUT2D eigenvalue weighted by atomic mass is 10.2. The molecule has 0 radical (unpaired) electrons. The van der Waals surface area contributed by atoms with E-state index in [0.29, 0.717) is 5.82 Å². The van der Waals surface area contributed by atoms with Gasteiger partial charge in [-0.15, -0.1) is 10.2 Å². The molecular formula is C9H11N4O3P. The van der Waals surface area contributed by atoms with Crippen LogP contribution in [0.5, 0.6) is 0 Å². The SMILES string of the molecule is NC1=NC(=Cc2ccccc2)N=N1.O=[PH](O)O. The predicted octanol–water partition coefficient (Wildman–Crippen LogP) is 1.13. The average molecular weight is 254 g/mol. The zero-order chi connectivity index (χ0) is 12.7. The molecule has 0 aliphatic carbocycles. The summed E-state index contributed by atoms with van der Waals surface area (Å²) in [7, 11) is -3.13. The van der Waals surface area contributed by atoms with E-state index in [1.54, 1.807) is 0 Å². The summed E-state index contributed by atoms with van der Waals surface area (Å²) in [6.45, 7) is 0. The van der Waals surface area contributed by atoms with E-state index in [-0.39, 0.29) is 5.96 Å². The highest BCUT2D eigenvalue weighted by Crippen LogP contribution is 2.12. The second-order valence-corrected chi connectivity index (χ2v) is 3.43. The molecule has 1 heterocycles. The van der Waals surface area contributed by atoms with Crippen molar-refractivity contribution < 1.29 is 14.4 Å². The first kappa shape index (κ1) is 13.2. The van der Waals surface area contributed by atoms with Crippen molar-refractivity contribution in [2.75, 3.05) is 0 Å². The maximum Gasteiger partial charge on any atom is 0.314 e. The Morgan fingerprint density at radius 1 is 1.18 bits per heavy atom. The molecule has 0 bridgehead atoms. The van der Waals surface area contributed by atoms with E-state index < -0.39 is 8.25 Å². The van der Waals surface area contributed by atoms with Gasteiger partial charge in [-0.25, -0.2) is 0 Å². The van der Waals surface area contributed by atoms with Crippen LogP contribution in [0, 0.1) is 0 Å². The van der Waals surface area contributed by atoms with E-state index in [2.05, 4.69) is 15.2 Å². The minimum Gasteiger partial charge on any atom is -0.366 e. The summed E-state index contributed by atoms with van der Waals surface area (Å²) in [5.41, 5.74) is 6.36. The molecule has 4 N–H and O–H groups in total. The molecule has 0 spiro atoms. The molecule has 0 fully saturated rings. The Morgan fingerprint density at radius 2 is 1.76 bits per heavy atom. The molecule has 90 valence electrons. The average Bonchev–Trinajstić information content (AvgIpc) is 2.65. The molecule has 0 aromatic heterocycles. The lowest BCUT2D eigenvalue weighted by Crippen LogP contribution is -2.03. The molecule has 0 atom stereocenters. The van der Waals surface area contributed by atoms with Crippen LogP contribution in [-0.2, 0) is 4.57 Å². The Labute approximate surface area is 98.0 Å². The van der Waals surface area contributed by atoms with Crippen LogP contribution in [0.3, 0.4) is 0 Å². The Balaban J connectivity index is 0.000000317. The number of benzene rings is 1. The predicted molar refractivity (Wildman–Crippen MR) is 64.3 cm³/mol. The summed E-state index contributed by atoms with van der Waals surface area (Å²) in [5.74, 6) is 0.755. The van der Waals surface area contributed by atoms with Gasteiger partial charge in [0, 0.05) is 0 Å². The lowest BCUT2D eigenvalue weighted by Gasteiger charge is -1.90. The van der Waals surface area contributed by atoms with Crippen LogP contribution in [0.4, 0.5) is 0 Å². The number of nitrogens with zero attached hydrogens (tertiary/aromatic N) is 3. The van der Waals surface area contributed by atoms with Crippen molar-refractivity contribution in [3.63, 3.8) is 0 Å². The highest BCUT2D eigenvalue weighted by molar-refractivity contribution is 7.30. The minimum atomic E-state index is -3.13. The second kappa shape index (κ2) is 6.70. The van der Waals surface area contributed by atoms with Crippen LogP contribution in [0.1, 0.15) is 5.56 Å². The zero-order valence-electron chi connectivity index (χ0n) is 8.69. The number of hydrogen-bond donors (Lipinski definition) is 3. The van der Waals surface area contributed by atoms with Gasteiger partial charge in [-0.05, 0) is 11.6 Å². The Morgan fingerprint density at radius 3 is 2.24 bits per heavy atom. The fourth-order valence-electron chi connectivity index (χ4n) is 1.02. The van der Waals surface area contributed by atoms with Crippen LogP contribution >= 0.6 is 8.25 Å². The number of hydrogen-bond acceptors (Lipinski definition) is 5. The van der Waals surface area contributed by atoms with Crippen LogP contribution in [0.2, 0.25) is 0 Å². The third-order valence-electron chi connectivity index (χ3n) is 1.58. The molecule has 8 heteroatoms. The highest BCUT2D eigenvalue weighted by Gasteiger charge is 2.01. The van der Waals surface area contributed by atoms with Gasteiger partial charge in [0.05, 0.1) is 0 Å². The third-order valence-corrected chi connectivity index (χ3v) is 1.58. The highest BCUT2D eigenvalue weighted by atomic mass is 31.1. The lowest BCUT2D eigenvalue weighted by molar-refractivity contribution is 0.405. The Hall–Kier alpha value is -1.82. The monoisotopic (exact) mass is 254 g/mol. The fourth-order valence-corrected chi connectivity index (χ4v) is 1.02. The summed E-state index contributed by atoms with van der Waals surface area (Å²) in [6.07, 6.45) is 1.82. The summed E-state index contributed by atoms with van der Waals surface area (Å²) >= 11 is 0. The molecule has 1 aliphatic rings. The fraction of sp³-hybridized carbons (Fsp3) is 0. The maximum absolute atomic E-state index is 8.74. The molecule has 7 nitrogen and oxygen atoms in total. The molecule has 0 unspecified atom stereocenters. The minimum absolute atomic E-state index is 0.210. The number of guanidine groups is 1. The quantitative estimate of drug-likeness (QED) is 0.650. The maximum atomic E-state index is 8.74. The van der Waals surface area contributed by atoms with Crippen molar-refractivity contribution >= 4 is 20.3 Å². The Bertz CT molecular complexity index is 480. The van der Waals surface area contributed by atoms with Crippen LogP contribution in [-0.4, -0.2) is 15.7 Å². The van der Waals surface area contributed by atoms with Crippen molar-refractivity contribution in [2.24, 2.45) is 21.0 Å². The first-order chi connectivity index (χ1) is 8.08. The standard InChI is InChI=1S/C9H8N4.H3O3P/c10-9-11-8(12-13-9)6-7-4-2-1-3-5-7;1-4(2)3/h1-6H,(H2,10,11);4H,(H2,1,2,3). The van der Waals surface area contributed by atoms with Gasteiger partial charge in [0.2, 0.25) is 5.96 Å². The molecule has 1 aromatic carbocycles. The summed E-state index contributed by atoms with van der Waals surface area (Å²) in [6, 6.07) is 9.78. The largest absolute Gasteiger partial charge is 0.366 e. The second-order valence-electron chi connectivity index (χ2n) is 2.87. The van der Waals surface area contributed by atoms with Gasteiger partial charge in [-0.3, -0.25) is 4.57 Å². The Kier molecular flexibility index (Phi) is 5.22. The van der Waals surface area contributed by atoms with Crippen molar-refractivity contribution in [1.82, 2.24) is 0 Å². The molecule has 17 heavy (non-hydrogen) atoms. The zero-order valence-corrected chi connectivity index (χ0v) is 9.69. The third kappa shape index (κ3) is 5.72. The van der Waals surface area contributed by atoms with Gasteiger partial charge in [-0.1, -0.05) is 30.3 Å². The van der Waals surface area contributed by atoms with Crippen molar-refractivity contribution in [3.8, 4) is 0 Å². The summed E-state index contributed by atoms with van der Waals surface area (Å²) < 4.78 is 8.74. The van der Waals surface area contributed by atoms with Crippen molar-refractivity contribution in [3.05, 3.63) is 41.7 Å². The van der Waals surface area contributed by atoms with E-state index in [4.69, 9.17) is 20.1 Å². The molecular weight excluding hydrogens is 243 g/mol. The topological polar surface area (TPSA) is 121 Å². The molecule has 0 amide bonds. The summed E-state index contributed by atoms with van der Waals surface area (Å²) in [5, 5.41) is 7.37. The van der Waals surface area contributed by atoms with Crippen LogP contribution < -0.4 is 5.73 Å². The van der Waals surface area contributed by atoms with Crippen LogP contribution in [0.15, 0.2) is 51.4 Å². The molecule has 1 aliphatic heterocycles. The van der Waals surface area contributed by atoms with Gasteiger partial charge in [-0.2, -0.15) is 4.99 Å². The summed E-state index contributed by atoms with van der Waals surface area (Å²) in [4.78, 5) is 18.2. The number of rotatable bonds is 1. The molecule has 1 aromatic rings. The van der Waals surface area contributed by atoms with Gasteiger partial charge < -0.3 is 15.5 Å².